The summed E-state index contributed by atoms with van der Waals surface area (Å²) < 4.78 is 44.4. The van der Waals surface area contributed by atoms with Gasteiger partial charge in [-0.25, -0.2) is 25.0 Å². The Labute approximate surface area is 184 Å². The Bertz CT molecular complexity index is 1020. The second kappa shape index (κ2) is 10.2. The maximum atomic E-state index is 11.4. The Morgan fingerprint density at radius 3 is 2.78 bits per heavy atom. The van der Waals surface area contributed by atoms with Crippen LogP contribution in [0.2, 0.25) is 0 Å². The number of nitrogens with one attached hydrogen (secondary N) is 1. The standard InChI is InChI=1S/C16H28N8O7S/c1-19-16-22-10-13(17)20-8-21-14(10)24(16)15-11(25)12(31-32(26,27)28)9(30-15)7-23(2)5-3-4-6-29-18/h8-9,11-12,15,25H,3-7,18H2,1-2H3,(H,19,22)(H2,17,20,21)(H,26,27,28)/t9-,11-,12-,15-/m1/s1. The smallest absolute Gasteiger partial charge is 0.385 e. The summed E-state index contributed by atoms with van der Waals surface area (Å²) in [7, 11) is -1.46. The molecule has 0 aliphatic carbocycles. The van der Waals surface area contributed by atoms with Crippen molar-refractivity contribution in [2.75, 3.05) is 44.8 Å². The fraction of sp³-hybridized carbons (Fsp3) is 0.688. The van der Waals surface area contributed by atoms with Crippen molar-refractivity contribution in [1.29, 1.82) is 0 Å². The van der Waals surface area contributed by atoms with E-state index in [0.717, 1.165) is 12.8 Å². The van der Waals surface area contributed by atoms with Crippen LogP contribution in [0.1, 0.15) is 19.1 Å². The number of ether oxygens (including phenoxy) is 1. The first-order valence-electron chi connectivity index (χ1n) is 9.82. The Morgan fingerprint density at radius 1 is 1.38 bits per heavy atom. The van der Waals surface area contributed by atoms with Gasteiger partial charge in [-0.3, -0.25) is 9.12 Å². The third-order valence-electron chi connectivity index (χ3n) is 5.07. The molecule has 1 saturated heterocycles. The minimum atomic E-state index is -4.87. The van der Waals surface area contributed by atoms with Gasteiger partial charge in [-0.1, -0.05) is 0 Å². The van der Waals surface area contributed by atoms with E-state index in [1.165, 1.54) is 10.9 Å². The van der Waals surface area contributed by atoms with E-state index in [9.17, 15) is 18.1 Å². The van der Waals surface area contributed by atoms with Gasteiger partial charge >= 0.3 is 10.4 Å². The molecule has 0 radical (unpaired) electrons. The maximum Gasteiger partial charge on any atom is 0.397 e. The lowest BCUT2D eigenvalue weighted by Gasteiger charge is -2.24. The number of imidazole rings is 1. The molecule has 0 amide bonds. The van der Waals surface area contributed by atoms with Gasteiger partial charge in [0.2, 0.25) is 5.95 Å². The van der Waals surface area contributed by atoms with Crippen molar-refractivity contribution in [2.45, 2.75) is 37.4 Å². The van der Waals surface area contributed by atoms with E-state index >= 15 is 0 Å². The first kappa shape index (κ1) is 24.5. The number of aliphatic hydroxyl groups is 1. The van der Waals surface area contributed by atoms with Crippen molar-refractivity contribution in [1.82, 2.24) is 24.4 Å². The van der Waals surface area contributed by atoms with Gasteiger partial charge < -0.3 is 30.6 Å². The van der Waals surface area contributed by atoms with Gasteiger partial charge in [-0.2, -0.15) is 8.42 Å². The highest BCUT2D eigenvalue weighted by atomic mass is 32.3. The van der Waals surface area contributed by atoms with Gasteiger partial charge in [0.25, 0.3) is 0 Å². The summed E-state index contributed by atoms with van der Waals surface area (Å²) in [4.78, 5) is 18.8. The number of aromatic nitrogens is 4. The fourth-order valence-corrected chi connectivity index (χ4v) is 4.17. The lowest BCUT2D eigenvalue weighted by molar-refractivity contribution is -0.0409. The first-order chi connectivity index (χ1) is 15.2. The van der Waals surface area contributed by atoms with Gasteiger partial charge in [-0.15, -0.1) is 0 Å². The summed E-state index contributed by atoms with van der Waals surface area (Å²) in [5.74, 6) is 5.40. The number of unbranched alkanes of at least 4 members (excludes halogenated alkanes) is 1. The van der Waals surface area contributed by atoms with Gasteiger partial charge in [0.1, 0.15) is 24.6 Å². The van der Waals surface area contributed by atoms with E-state index in [1.54, 1.807) is 14.1 Å². The van der Waals surface area contributed by atoms with Gasteiger partial charge in [0, 0.05) is 13.6 Å². The molecular weight excluding hydrogens is 448 g/mol. The Morgan fingerprint density at radius 2 is 2.12 bits per heavy atom. The Hall–Kier alpha value is -2.18. The molecule has 2 aromatic heterocycles. The molecule has 3 heterocycles. The van der Waals surface area contributed by atoms with Crippen LogP contribution >= 0.6 is 0 Å². The van der Waals surface area contributed by atoms with Crippen LogP contribution in [0.15, 0.2) is 6.33 Å². The predicted octanol–water partition coefficient (Wildman–Crippen LogP) is -1.50. The van der Waals surface area contributed by atoms with Crippen LogP contribution in [-0.4, -0.2) is 94.6 Å². The fourth-order valence-electron chi connectivity index (χ4n) is 3.65. The molecule has 180 valence electrons. The molecule has 0 spiro atoms. The molecule has 16 heteroatoms. The summed E-state index contributed by atoms with van der Waals surface area (Å²) in [6.45, 7) is 1.24. The topological polar surface area (TPSA) is 213 Å². The normalized spacial score (nSPS) is 23.9. The van der Waals surface area contributed by atoms with E-state index in [1.807, 2.05) is 4.90 Å². The molecule has 1 aliphatic rings. The molecule has 1 aliphatic heterocycles. The SMILES string of the molecule is CNc1nc2c(N)ncnc2n1[C@@H]1O[C@H](CN(C)CCCCON)[C@@H](OS(=O)(=O)O)[C@H]1O. The van der Waals surface area contributed by atoms with Crippen molar-refractivity contribution in [3.05, 3.63) is 6.33 Å². The quantitative estimate of drug-likeness (QED) is 0.142. The lowest BCUT2D eigenvalue weighted by Crippen LogP contribution is -2.41. The molecule has 1 fully saturated rings. The van der Waals surface area contributed by atoms with Gasteiger partial charge in [0.15, 0.2) is 23.2 Å². The van der Waals surface area contributed by atoms with E-state index in [4.69, 9.17) is 20.6 Å². The van der Waals surface area contributed by atoms with Crippen LogP contribution in [0.25, 0.3) is 11.2 Å². The zero-order valence-corrected chi connectivity index (χ0v) is 18.5. The van der Waals surface area contributed by atoms with E-state index < -0.39 is 34.9 Å². The number of aliphatic hydroxyl groups excluding tert-OH is 1. The molecular formula is C16H28N8O7S. The molecule has 4 atom stereocenters. The highest BCUT2D eigenvalue weighted by Gasteiger charge is 2.49. The lowest BCUT2D eigenvalue weighted by atomic mass is 10.1. The molecule has 15 nitrogen and oxygen atoms in total. The number of likely N-dealkylation sites (N-methyl/N-ethyl adjacent to an activating group) is 1. The van der Waals surface area contributed by atoms with Gasteiger partial charge in [0.05, 0.1) is 6.61 Å². The average Bonchev–Trinajstić information content (AvgIpc) is 3.23. The van der Waals surface area contributed by atoms with E-state index in [-0.39, 0.29) is 29.5 Å². The number of hydrogen-bond acceptors (Lipinski definition) is 13. The van der Waals surface area contributed by atoms with Crippen LogP contribution in [-0.2, 0) is 24.2 Å². The summed E-state index contributed by atoms with van der Waals surface area (Å²) in [5.41, 5.74) is 6.43. The molecule has 32 heavy (non-hydrogen) atoms. The second-order valence-electron chi connectivity index (χ2n) is 7.37. The number of anilines is 2. The summed E-state index contributed by atoms with van der Waals surface area (Å²) in [6, 6.07) is 0. The zero-order valence-electron chi connectivity index (χ0n) is 17.7. The molecule has 3 rings (SSSR count). The molecule has 0 aromatic carbocycles. The molecule has 0 unspecified atom stereocenters. The number of nitrogen functional groups attached to an aromatic ring is 1. The van der Waals surface area contributed by atoms with Crippen LogP contribution in [0.5, 0.6) is 0 Å². The monoisotopic (exact) mass is 476 g/mol. The molecule has 0 saturated carbocycles. The average molecular weight is 477 g/mol. The third-order valence-corrected chi connectivity index (χ3v) is 5.53. The third kappa shape index (κ3) is 5.41. The van der Waals surface area contributed by atoms with Crippen molar-refractivity contribution < 1.29 is 31.8 Å². The number of nitrogens with two attached hydrogens (primary N) is 2. The van der Waals surface area contributed by atoms with Crippen LogP contribution in [0.4, 0.5) is 11.8 Å². The van der Waals surface area contributed by atoms with Crippen LogP contribution < -0.4 is 16.9 Å². The molecule has 7 N–H and O–H groups in total. The largest absolute Gasteiger partial charge is 0.397 e. The minimum absolute atomic E-state index is 0.126. The van der Waals surface area contributed by atoms with Crippen molar-refractivity contribution in [3.63, 3.8) is 0 Å². The van der Waals surface area contributed by atoms with Crippen molar-refractivity contribution >= 4 is 33.3 Å². The van der Waals surface area contributed by atoms with Crippen LogP contribution in [0.3, 0.4) is 0 Å². The second-order valence-corrected chi connectivity index (χ2v) is 8.42. The Balaban J connectivity index is 1.89. The van der Waals surface area contributed by atoms with Gasteiger partial charge in [-0.05, 0) is 26.4 Å². The number of hydrogen-bond donors (Lipinski definition) is 5. The molecule has 2 aromatic rings. The number of nitrogens with zero attached hydrogens (tertiary/aromatic N) is 5. The number of rotatable bonds is 11. The maximum absolute atomic E-state index is 11.4. The van der Waals surface area contributed by atoms with Crippen molar-refractivity contribution in [2.24, 2.45) is 5.90 Å². The van der Waals surface area contributed by atoms with E-state index in [2.05, 4.69) is 25.1 Å². The van der Waals surface area contributed by atoms with E-state index in [0.29, 0.717) is 13.2 Å². The highest BCUT2D eigenvalue weighted by Crippen LogP contribution is 2.37. The summed E-state index contributed by atoms with van der Waals surface area (Å²) in [5, 5.41) is 13.8. The summed E-state index contributed by atoms with van der Waals surface area (Å²) in [6.07, 6.45) is -2.17. The minimum Gasteiger partial charge on any atom is -0.385 e. The molecule has 0 bridgehead atoms. The summed E-state index contributed by atoms with van der Waals surface area (Å²) >= 11 is 0. The Kier molecular flexibility index (Phi) is 7.78. The zero-order chi connectivity index (χ0) is 23.5. The van der Waals surface area contributed by atoms with Crippen molar-refractivity contribution in [3.8, 4) is 0 Å². The van der Waals surface area contributed by atoms with Crippen LogP contribution in [0, 0.1) is 0 Å². The highest BCUT2D eigenvalue weighted by molar-refractivity contribution is 7.80. The predicted molar refractivity (Wildman–Crippen MR) is 112 cm³/mol. The number of fused-ring (bicyclic) bond motifs is 1. The first-order valence-corrected chi connectivity index (χ1v) is 11.2.